The molecule has 0 unspecified atom stereocenters. The number of benzene rings is 1. The number of hydrogen-bond acceptors (Lipinski definition) is 6. The van der Waals surface area contributed by atoms with Crippen molar-refractivity contribution in [3.8, 4) is 11.5 Å². The molecule has 1 aromatic carbocycles. The number of carbonyl (C=O) groups excluding carboxylic acids is 1. The first kappa shape index (κ1) is 15.8. The van der Waals surface area contributed by atoms with Crippen LogP contribution in [0, 0.1) is 6.92 Å². The van der Waals surface area contributed by atoms with Crippen LogP contribution in [0.3, 0.4) is 0 Å². The van der Waals surface area contributed by atoms with Crippen molar-refractivity contribution < 1.29 is 14.3 Å². The summed E-state index contributed by atoms with van der Waals surface area (Å²) in [4.78, 5) is 18.2. The van der Waals surface area contributed by atoms with E-state index in [9.17, 15) is 4.79 Å². The third-order valence-corrected chi connectivity index (χ3v) is 4.21. The molecule has 1 aliphatic heterocycles. The minimum Gasteiger partial charge on any atom is -0.486 e. The average Bonchev–Trinajstić information content (AvgIpc) is 2.91. The first-order chi connectivity index (χ1) is 11.1. The number of aromatic nitrogens is 1. The molecule has 1 N–H and O–H groups in total. The van der Waals surface area contributed by atoms with Crippen molar-refractivity contribution in [2.75, 3.05) is 32.1 Å². The van der Waals surface area contributed by atoms with E-state index in [1.165, 1.54) is 11.3 Å². The van der Waals surface area contributed by atoms with E-state index in [4.69, 9.17) is 9.47 Å². The van der Waals surface area contributed by atoms with Crippen LogP contribution in [0.15, 0.2) is 23.6 Å². The molecule has 0 fully saturated rings. The molecule has 0 atom stereocenters. The number of anilines is 1. The fourth-order valence-electron chi connectivity index (χ4n) is 2.37. The monoisotopic (exact) mass is 333 g/mol. The SMILES string of the molecule is Cc1csc(NC(=O)CN(C)Cc2ccc3c(c2)OCCO3)n1. The lowest BCUT2D eigenvalue weighted by atomic mass is 10.2. The van der Waals surface area contributed by atoms with E-state index in [1.54, 1.807) is 0 Å². The fourth-order valence-corrected chi connectivity index (χ4v) is 3.07. The predicted octanol–water partition coefficient (Wildman–Crippen LogP) is 2.29. The summed E-state index contributed by atoms with van der Waals surface area (Å²) in [5.74, 6) is 1.48. The van der Waals surface area contributed by atoms with Crippen molar-refractivity contribution in [3.63, 3.8) is 0 Å². The maximum absolute atomic E-state index is 12.0. The van der Waals surface area contributed by atoms with Gasteiger partial charge < -0.3 is 14.8 Å². The number of likely N-dealkylation sites (N-methyl/N-ethyl adjacent to an activating group) is 1. The third-order valence-electron chi connectivity index (χ3n) is 3.34. The van der Waals surface area contributed by atoms with Gasteiger partial charge in [-0.25, -0.2) is 4.98 Å². The van der Waals surface area contributed by atoms with Gasteiger partial charge in [0.15, 0.2) is 16.6 Å². The van der Waals surface area contributed by atoms with Gasteiger partial charge in [0.05, 0.1) is 12.2 Å². The van der Waals surface area contributed by atoms with Crippen LogP contribution in [0.2, 0.25) is 0 Å². The summed E-state index contributed by atoms with van der Waals surface area (Å²) in [5.41, 5.74) is 1.99. The maximum atomic E-state index is 12.0. The predicted molar refractivity (Wildman–Crippen MR) is 89.2 cm³/mol. The van der Waals surface area contributed by atoms with Gasteiger partial charge in [-0.2, -0.15) is 0 Å². The van der Waals surface area contributed by atoms with Gasteiger partial charge in [-0.1, -0.05) is 6.07 Å². The van der Waals surface area contributed by atoms with Crippen molar-refractivity contribution in [2.45, 2.75) is 13.5 Å². The van der Waals surface area contributed by atoms with Crippen LogP contribution < -0.4 is 14.8 Å². The zero-order valence-corrected chi connectivity index (χ0v) is 14.0. The molecule has 1 aromatic heterocycles. The van der Waals surface area contributed by atoms with E-state index in [0.29, 0.717) is 31.4 Å². The second kappa shape index (κ2) is 6.97. The van der Waals surface area contributed by atoms with E-state index >= 15 is 0 Å². The molecule has 2 heterocycles. The normalized spacial score (nSPS) is 13.2. The number of aryl methyl sites for hydroxylation is 1. The molecule has 122 valence electrons. The lowest BCUT2D eigenvalue weighted by molar-refractivity contribution is -0.117. The third kappa shape index (κ3) is 4.20. The van der Waals surface area contributed by atoms with E-state index in [0.717, 1.165) is 22.8 Å². The Bertz CT molecular complexity index is 702. The van der Waals surface area contributed by atoms with Crippen molar-refractivity contribution in [1.29, 1.82) is 0 Å². The number of thiazole rings is 1. The van der Waals surface area contributed by atoms with Crippen LogP contribution in [0.5, 0.6) is 11.5 Å². The number of ether oxygens (including phenoxy) is 2. The van der Waals surface area contributed by atoms with Gasteiger partial charge in [0.2, 0.25) is 5.91 Å². The molecule has 0 spiro atoms. The van der Waals surface area contributed by atoms with Gasteiger partial charge in [-0.3, -0.25) is 9.69 Å². The first-order valence-corrected chi connectivity index (χ1v) is 8.27. The number of nitrogens with one attached hydrogen (secondary N) is 1. The summed E-state index contributed by atoms with van der Waals surface area (Å²) in [6.45, 7) is 4.01. The van der Waals surface area contributed by atoms with Crippen LogP contribution in [0.1, 0.15) is 11.3 Å². The molecule has 0 saturated carbocycles. The van der Waals surface area contributed by atoms with E-state index in [-0.39, 0.29) is 5.91 Å². The smallest absolute Gasteiger partial charge is 0.240 e. The van der Waals surface area contributed by atoms with Gasteiger partial charge in [0, 0.05) is 11.9 Å². The number of rotatable bonds is 5. The topological polar surface area (TPSA) is 63.7 Å². The molecule has 0 radical (unpaired) electrons. The van der Waals surface area contributed by atoms with Gasteiger partial charge in [0.25, 0.3) is 0 Å². The molecule has 3 rings (SSSR count). The minimum atomic E-state index is -0.0700. The van der Waals surface area contributed by atoms with Gasteiger partial charge in [-0.15, -0.1) is 11.3 Å². The standard InChI is InChI=1S/C16H19N3O3S/c1-11-10-23-16(17-11)18-15(20)9-19(2)8-12-3-4-13-14(7-12)22-6-5-21-13/h3-4,7,10H,5-6,8-9H2,1-2H3,(H,17,18,20). The second-order valence-corrected chi connectivity index (χ2v) is 6.35. The van der Waals surface area contributed by atoms with Crippen molar-refractivity contribution >= 4 is 22.4 Å². The number of nitrogens with zero attached hydrogens (tertiary/aromatic N) is 2. The summed E-state index contributed by atoms with van der Waals surface area (Å²) in [6.07, 6.45) is 0. The summed E-state index contributed by atoms with van der Waals surface area (Å²) in [7, 11) is 1.91. The number of carbonyl (C=O) groups is 1. The molecule has 1 amide bonds. The van der Waals surface area contributed by atoms with E-state index in [2.05, 4.69) is 10.3 Å². The molecule has 23 heavy (non-hydrogen) atoms. The van der Waals surface area contributed by atoms with Crippen molar-refractivity contribution in [3.05, 3.63) is 34.8 Å². The number of amides is 1. The summed E-state index contributed by atoms with van der Waals surface area (Å²) in [6, 6.07) is 5.87. The molecule has 0 saturated heterocycles. The molecule has 7 heteroatoms. The fraction of sp³-hybridized carbons (Fsp3) is 0.375. The highest BCUT2D eigenvalue weighted by molar-refractivity contribution is 7.13. The van der Waals surface area contributed by atoms with Crippen LogP contribution in [-0.4, -0.2) is 42.6 Å². The number of hydrogen-bond donors (Lipinski definition) is 1. The Kier molecular flexibility index (Phi) is 4.78. The molecular weight excluding hydrogens is 314 g/mol. The van der Waals surface area contributed by atoms with E-state index in [1.807, 2.05) is 42.5 Å². The lowest BCUT2D eigenvalue weighted by Gasteiger charge is -2.20. The molecular formula is C16H19N3O3S. The lowest BCUT2D eigenvalue weighted by Crippen LogP contribution is -2.29. The Morgan fingerprint density at radius 3 is 2.87 bits per heavy atom. The zero-order chi connectivity index (χ0) is 16.2. The second-order valence-electron chi connectivity index (χ2n) is 5.49. The highest BCUT2D eigenvalue weighted by Gasteiger charge is 2.14. The average molecular weight is 333 g/mol. The summed E-state index contributed by atoms with van der Waals surface area (Å²) >= 11 is 1.43. The number of fused-ring (bicyclic) bond motifs is 1. The van der Waals surface area contributed by atoms with Crippen molar-refractivity contribution in [1.82, 2.24) is 9.88 Å². The highest BCUT2D eigenvalue weighted by Crippen LogP contribution is 2.31. The molecule has 1 aliphatic rings. The van der Waals surface area contributed by atoms with Gasteiger partial charge in [-0.05, 0) is 31.7 Å². The summed E-state index contributed by atoms with van der Waals surface area (Å²) in [5, 5.41) is 5.36. The van der Waals surface area contributed by atoms with E-state index < -0.39 is 0 Å². The Morgan fingerprint density at radius 1 is 1.35 bits per heavy atom. The maximum Gasteiger partial charge on any atom is 0.240 e. The molecule has 6 nitrogen and oxygen atoms in total. The molecule has 0 bridgehead atoms. The van der Waals surface area contributed by atoms with Crippen LogP contribution >= 0.6 is 11.3 Å². The Labute approximate surface area is 139 Å². The highest BCUT2D eigenvalue weighted by atomic mass is 32.1. The first-order valence-electron chi connectivity index (χ1n) is 7.39. The molecule has 2 aromatic rings. The van der Waals surface area contributed by atoms with Gasteiger partial charge >= 0.3 is 0 Å². The Hall–Kier alpha value is -2.12. The zero-order valence-electron chi connectivity index (χ0n) is 13.2. The Balaban J connectivity index is 1.54. The minimum absolute atomic E-state index is 0.0700. The largest absolute Gasteiger partial charge is 0.486 e. The Morgan fingerprint density at radius 2 is 2.13 bits per heavy atom. The van der Waals surface area contributed by atoms with Crippen LogP contribution in [0.25, 0.3) is 0 Å². The van der Waals surface area contributed by atoms with Crippen LogP contribution in [-0.2, 0) is 11.3 Å². The summed E-state index contributed by atoms with van der Waals surface area (Å²) < 4.78 is 11.1. The quantitative estimate of drug-likeness (QED) is 0.909. The molecule has 0 aliphatic carbocycles. The van der Waals surface area contributed by atoms with Crippen LogP contribution in [0.4, 0.5) is 5.13 Å². The van der Waals surface area contributed by atoms with Gasteiger partial charge in [0.1, 0.15) is 13.2 Å². The van der Waals surface area contributed by atoms with Crippen molar-refractivity contribution in [2.24, 2.45) is 0 Å².